The van der Waals surface area contributed by atoms with E-state index >= 15 is 0 Å². The lowest BCUT2D eigenvalue weighted by Crippen LogP contribution is -2.52. The lowest BCUT2D eigenvalue weighted by Gasteiger charge is -2.38. The molecule has 0 N–H and O–H groups in total. The first kappa shape index (κ1) is 24.0. The molecule has 1 fully saturated rings. The fourth-order valence-corrected chi connectivity index (χ4v) is 6.20. The van der Waals surface area contributed by atoms with Crippen molar-refractivity contribution >= 4 is 34.8 Å². The number of fused-ring (bicyclic) bond motifs is 3. The first-order valence-electron chi connectivity index (χ1n) is 12.4. The zero-order chi connectivity index (χ0) is 25.6. The Morgan fingerprint density at radius 2 is 1.59 bits per heavy atom. The molecule has 0 spiro atoms. The summed E-state index contributed by atoms with van der Waals surface area (Å²) in [6, 6.07) is 24.6. The van der Waals surface area contributed by atoms with Crippen molar-refractivity contribution in [3.63, 3.8) is 0 Å². The number of rotatable bonds is 5. The van der Waals surface area contributed by atoms with Gasteiger partial charge in [-0.2, -0.15) is 0 Å². The van der Waals surface area contributed by atoms with E-state index in [4.69, 9.17) is 23.2 Å². The Morgan fingerprint density at radius 1 is 0.919 bits per heavy atom. The van der Waals surface area contributed by atoms with E-state index in [-0.39, 0.29) is 17.5 Å². The molecule has 3 aromatic carbocycles. The Hall–Kier alpha value is -3.41. The fourth-order valence-electron chi connectivity index (χ4n) is 5.95. The van der Waals surface area contributed by atoms with E-state index in [1.54, 1.807) is 12.4 Å². The van der Waals surface area contributed by atoms with Crippen LogP contribution >= 0.6 is 23.2 Å². The molecule has 2 aliphatic heterocycles. The van der Waals surface area contributed by atoms with Gasteiger partial charge in [-0.05, 0) is 66.8 Å². The summed E-state index contributed by atoms with van der Waals surface area (Å²) < 4.78 is 0. The summed E-state index contributed by atoms with van der Waals surface area (Å²) in [5.74, 6) is -0.0932. The fraction of sp³-hybridized carbons (Fsp3) is 0.233. The molecule has 7 heteroatoms. The predicted molar refractivity (Wildman–Crippen MR) is 147 cm³/mol. The maximum atomic E-state index is 13.9. The number of anilines is 1. The van der Waals surface area contributed by atoms with E-state index < -0.39 is 0 Å². The van der Waals surface area contributed by atoms with E-state index in [9.17, 15) is 4.79 Å². The summed E-state index contributed by atoms with van der Waals surface area (Å²) >= 11 is 12.4. The second kappa shape index (κ2) is 9.47. The van der Waals surface area contributed by atoms with Crippen molar-refractivity contribution in [1.29, 1.82) is 0 Å². The number of para-hydroxylation sites is 1. The summed E-state index contributed by atoms with van der Waals surface area (Å²) in [6.07, 6.45) is 4.71. The van der Waals surface area contributed by atoms with Crippen LogP contribution in [-0.4, -0.2) is 33.5 Å². The topological polar surface area (TPSA) is 49.3 Å². The van der Waals surface area contributed by atoms with Crippen molar-refractivity contribution < 1.29 is 4.79 Å². The summed E-state index contributed by atoms with van der Waals surface area (Å²) in [5, 5.41) is 1.42. The quantitative estimate of drug-likeness (QED) is 0.298. The van der Waals surface area contributed by atoms with Crippen molar-refractivity contribution in [3.8, 4) is 0 Å². The zero-order valence-electron chi connectivity index (χ0n) is 20.4. The van der Waals surface area contributed by atoms with Gasteiger partial charge >= 0.3 is 0 Å². The molecule has 1 saturated heterocycles. The Bertz CT molecular complexity index is 1440. The smallest absolute Gasteiger partial charge is 0.275 e. The lowest BCUT2D eigenvalue weighted by molar-refractivity contribution is 0.0702. The minimum absolute atomic E-state index is 0.0932. The van der Waals surface area contributed by atoms with Crippen LogP contribution in [0.5, 0.6) is 0 Å². The van der Waals surface area contributed by atoms with Crippen LogP contribution in [0.15, 0.2) is 85.2 Å². The van der Waals surface area contributed by atoms with Crippen LogP contribution in [0.1, 0.15) is 39.3 Å². The van der Waals surface area contributed by atoms with E-state index in [1.165, 1.54) is 11.1 Å². The van der Waals surface area contributed by atoms with E-state index in [0.717, 1.165) is 34.8 Å². The third kappa shape index (κ3) is 4.26. The molecule has 0 radical (unpaired) electrons. The molecule has 6 rings (SSSR count). The molecule has 5 nitrogen and oxygen atoms in total. The number of hydrogen-bond acceptors (Lipinski definition) is 4. The van der Waals surface area contributed by atoms with Crippen LogP contribution in [0.3, 0.4) is 0 Å². The predicted octanol–water partition coefficient (Wildman–Crippen LogP) is 6.46. The highest BCUT2D eigenvalue weighted by Gasteiger charge is 2.58. The maximum absolute atomic E-state index is 13.9. The number of benzene rings is 3. The number of carbonyl (C=O) groups is 1. The molecule has 4 aromatic rings. The lowest BCUT2D eigenvalue weighted by atomic mass is 9.74. The normalized spacial score (nSPS) is 20.1. The zero-order valence-corrected chi connectivity index (χ0v) is 22.0. The summed E-state index contributed by atoms with van der Waals surface area (Å²) in [7, 11) is 0. The molecule has 3 heterocycles. The summed E-state index contributed by atoms with van der Waals surface area (Å²) in [4.78, 5) is 27.0. The first-order valence-corrected chi connectivity index (χ1v) is 13.1. The average Bonchev–Trinajstić information content (AvgIpc) is 3.40. The van der Waals surface area contributed by atoms with Gasteiger partial charge in [0, 0.05) is 40.4 Å². The van der Waals surface area contributed by atoms with Crippen molar-refractivity contribution in [2.24, 2.45) is 0 Å². The van der Waals surface area contributed by atoms with E-state index in [1.807, 2.05) is 36.1 Å². The number of aryl methyl sites for hydroxylation is 1. The minimum Gasteiger partial charge on any atom is -0.346 e. The third-order valence-corrected chi connectivity index (χ3v) is 8.10. The van der Waals surface area contributed by atoms with Gasteiger partial charge in [-0.3, -0.25) is 9.78 Å². The number of likely N-dealkylation sites (tertiary alicyclic amines) is 1. The second-order valence-corrected chi connectivity index (χ2v) is 10.8. The van der Waals surface area contributed by atoms with E-state index in [2.05, 4.69) is 63.4 Å². The first-order chi connectivity index (χ1) is 17.9. The third-order valence-electron chi connectivity index (χ3n) is 7.59. The molecular weight excluding hydrogens is 503 g/mol. The van der Waals surface area contributed by atoms with Crippen LogP contribution < -0.4 is 4.90 Å². The Kier molecular flexibility index (Phi) is 6.13. The molecule has 1 amide bonds. The van der Waals surface area contributed by atoms with Crippen LogP contribution in [-0.2, 0) is 18.4 Å². The van der Waals surface area contributed by atoms with Crippen LogP contribution in [0.4, 0.5) is 5.69 Å². The van der Waals surface area contributed by atoms with Gasteiger partial charge in [-0.1, -0.05) is 65.7 Å². The van der Waals surface area contributed by atoms with Gasteiger partial charge in [0.2, 0.25) is 0 Å². The van der Waals surface area contributed by atoms with Gasteiger partial charge in [-0.15, -0.1) is 0 Å². The Labute approximate surface area is 226 Å². The number of aromatic nitrogens is 2. The highest BCUT2D eigenvalue weighted by atomic mass is 35.5. The van der Waals surface area contributed by atoms with Crippen molar-refractivity contribution in [2.45, 2.75) is 37.9 Å². The van der Waals surface area contributed by atoms with Crippen LogP contribution in [0.2, 0.25) is 10.0 Å². The Morgan fingerprint density at radius 3 is 2.27 bits per heavy atom. The van der Waals surface area contributed by atoms with Crippen LogP contribution in [0.25, 0.3) is 0 Å². The minimum atomic E-state index is -0.273. The second-order valence-electron chi connectivity index (χ2n) is 9.90. The number of hydrogen-bond donors (Lipinski definition) is 0. The van der Waals surface area contributed by atoms with Crippen LogP contribution in [0, 0.1) is 6.92 Å². The van der Waals surface area contributed by atoms with Crippen molar-refractivity contribution in [1.82, 2.24) is 14.9 Å². The van der Waals surface area contributed by atoms with Gasteiger partial charge < -0.3 is 9.80 Å². The number of carbonyl (C=O) groups excluding carboxylic acids is 1. The largest absolute Gasteiger partial charge is 0.346 e. The van der Waals surface area contributed by atoms with Gasteiger partial charge in [0.25, 0.3) is 5.91 Å². The molecule has 2 atom stereocenters. The molecule has 37 heavy (non-hydrogen) atoms. The van der Waals surface area contributed by atoms with Gasteiger partial charge in [0.05, 0.1) is 11.9 Å². The highest BCUT2D eigenvalue weighted by Crippen LogP contribution is 2.54. The summed E-state index contributed by atoms with van der Waals surface area (Å²) in [6.45, 7) is 3.17. The molecule has 0 bridgehead atoms. The van der Waals surface area contributed by atoms with Gasteiger partial charge in [-0.25, -0.2) is 4.98 Å². The SMILES string of the molecule is Cc1cnc(C(=O)N2CCC3(Cc4ccc(Cl)cc4)c4ccccc4N(Cc4ccc(Cl)cc4)C23)cn1. The molecule has 0 saturated carbocycles. The van der Waals surface area contributed by atoms with Gasteiger partial charge in [0.15, 0.2) is 0 Å². The van der Waals surface area contributed by atoms with Gasteiger partial charge in [0.1, 0.15) is 11.9 Å². The van der Waals surface area contributed by atoms with Crippen molar-refractivity contribution in [3.05, 3.63) is 123 Å². The number of nitrogens with zero attached hydrogens (tertiary/aromatic N) is 4. The Balaban J connectivity index is 1.46. The summed E-state index contributed by atoms with van der Waals surface area (Å²) in [5.41, 5.74) is 5.64. The molecular formula is C30H26Cl2N4O. The molecule has 1 aromatic heterocycles. The van der Waals surface area contributed by atoms with Crippen molar-refractivity contribution in [2.75, 3.05) is 11.4 Å². The average molecular weight is 529 g/mol. The maximum Gasteiger partial charge on any atom is 0.275 e. The number of amides is 1. The molecule has 186 valence electrons. The monoisotopic (exact) mass is 528 g/mol. The standard InChI is InChI=1S/C30H26Cl2N4O/c1-20-17-34-26(18-33-20)28(37)35-15-14-30(16-21-6-10-23(31)11-7-21)25-4-2-3-5-27(25)36(29(30)35)19-22-8-12-24(32)13-9-22/h2-13,17-18,29H,14-16,19H2,1H3. The molecule has 2 unspecified atom stereocenters. The molecule has 0 aliphatic carbocycles. The highest BCUT2D eigenvalue weighted by molar-refractivity contribution is 6.30. The van der Waals surface area contributed by atoms with E-state index in [0.29, 0.717) is 23.8 Å². The molecule has 2 aliphatic rings. The number of halogens is 2.